The highest BCUT2D eigenvalue weighted by Crippen LogP contribution is 2.22. The van der Waals surface area contributed by atoms with Gasteiger partial charge in [-0.15, -0.1) is 0 Å². The van der Waals surface area contributed by atoms with Crippen LogP contribution in [0.2, 0.25) is 5.02 Å². The molecular formula is C21H22ClN3O4. The van der Waals surface area contributed by atoms with E-state index >= 15 is 0 Å². The van der Waals surface area contributed by atoms with Gasteiger partial charge in [-0.1, -0.05) is 41.9 Å². The first-order valence-electron chi connectivity index (χ1n) is 9.14. The Morgan fingerprint density at radius 1 is 1.21 bits per heavy atom. The highest BCUT2D eigenvalue weighted by atomic mass is 35.5. The Labute approximate surface area is 174 Å². The van der Waals surface area contributed by atoms with Crippen LogP contribution in [0.3, 0.4) is 0 Å². The summed E-state index contributed by atoms with van der Waals surface area (Å²) in [5.41, 5.74) is 0.768. The van der Waals surface area contributed by atoms with Gasteiger partial charge in [0.1, 0.15) is 11.5 Å². The summed E-state index contributed by atoms with van der Waals surface area (Å²) >= 11 is 5.98. The van der Waals surface area contributed by atoms with Crippen LogP contribution in [0.15, 0.2) is 53.1 Å². The van der Waals surface area contributed by atoms with E-state index in [-0.39, 0.29) is 12.5 Å². The molecule has 0 bridgehead atoms. The Balaban J connectivity index is 1.66. The zero-order chi connectivity index (χ0) is 20.8. The number of amides is 1. The minimum Gasteiger partial charge on any atom is -0.497 e. The second-order valence-electron chi connectivity index (χ2n) is 6.41. The Bertz CT molecular complexity index is 976. The predicted molar refractivity (Wildman–Crippen MR) is 109 cm³/mol. The van der Waals surface area contributed by atoms with Gasteiger partial charge in [-0.2, -0.15) is 4.98 Å². The molecule has 0 fully saturated rings. The number of halogens is 1. The maximum atomic E-state index is 12.8. The summed E-state index contributed by atoms with van der Waals surface area (Å²) in [5.74, 6) is 1.82. The van der Waals surface area contributed by atoms with Crippen molar-refractivity contribution in [2.24, 2.45) is 0 Å². The molecule has 2 aromatic carbocycles. The average molecular weight is 416 g/mol. The van der Waals surface area contributed by atoms with Crippen LogP contribution in [0.4, 0.5) is 0 Å². The number of ether oxygens (including phenoxy) is 2. The number of likely N-dealkylation sites (N-methyl/N-ethyl adjacent to an activating group) is 1. The van der Waals surface area contributed by atoms with Crippen LogP contribution in [0.5, 0.6) is 11.5 Å². The van der Waals surface area contributed by atoms with Crippen molar-refractivity contribution in [2.45, 2.75) is 26.0 Å². The van der Waals surface area contributed by atoms with Crippen LogP contribution < -0.4 is 9.47 Å². The second-order valence-corrected chi connectivity index (χ2v) is 6.85. The lowest BCUT2D eigenvalue weighted by Gasteiger charge is -2.22. The van der Waals surface area contributed by atoms with Gasteiger partial charge in [0.25, 0.3) is 5.91 Å². The first kappa shape index (κ1) is 20.7. The van der Waals surface area contributed by atoms with Crippen LogP contribution in [0, 0.1) is 0 Å². The standard InChI is InChI=1S/C21H22ClN3O4/c1-4-18(28-17-10-6-8-15(22)12-17)21(26)25(2)13-19-23-20(24-29-19)14-7-5-9-16(11-14)27-3/h5-12,18H,4,13H2,1-3H3/t18-/m1/s1. The van der Waals surface area contributed by atoms with Gasteiger partial charge in [-0.25, -0.2) is 0 Å². The number of rotatable bonds is 8. The van der Waals surface area contributed by atoms with Gasteiger partial charge in [0.05, 0.1) is 13.7 Å². The SMILES string of the molecule is CC[C@@H](Oc1cccc(Cl)c1)C(=O)N(C)Cc1nc(-c2cccc(OC)c2)no1. The Morgan fingerprint density at radius 3 is 2.69 bits per heavy atom. The van der Waals surface area contributed by atoms with Crippen molar-refractivity contribution in [1.29, 1.82) is 0 Å². The Morgan fingerprint density at radius 2 is 1.97 bits per heavy atom. The molecule has 1 atom stereocenters. The summed E-state index contributed by atoms with van der Waals surface area (Å²) in [6.07, 6.45) is -0.131. The maximum Gasteiger partial charge on any atom is 0.263 e. The van der Waals surface area contributed by atoms with Gasteiger partial charge in [0, 0.05) is 17.6 Å². The molecule has 1 amide bonds. The van der Waals surface area contributed by atoms with E-state index in [9.17, 15) is 4.79 Å². The van der Waals surface area contributed by atoms with Crippen molar-refractivity contribution >= 4 is 17.5 Å². The van der Waals surface area contributed by atoms with Gasteiger partial charge in [0.2, 0.25) is 11.7 Å². The zero-order valence-corrected chi connectivity index (χ0v) is 17.2. The fraction of sp³-hybridized carbons (Fsp3) is 0.286. The van der Waals surface area contributed by atoms with Crippen molar-refractivity contribution in [3.05, 3.63) is 59.4 Å². The van der Waals surface area contributed by atoms with Gasteiger partial charge in [-0.3, -0.25) is 4.79 Å². The van der Waals surface area contributed by atoms with Crippen molar-refractivity contribution in [2.75, 3.05) is 14.2 Å². The van der Waals surface area contributed by atoms with Crippen LogP contribution in [0.1, 0.15) is 19.2 Å². The summed E-state index contributed by atoms with van der Waals surface area (Å²) in [6.45, 7) is 2.06. The molecule has 3 rings (SSSR count). The van der Waals surface area contributed by atoms with E-state index in [4.69, 9.17) is 25.6 Å². The number of hydrogen-bond donors (Lipinski definition) is 0. The summed E-state index contributed by atoms with van der Waals surface area (Å²) in [5, 5.41) is 4.54. The second kappa shape index (κ2) is 9.43. The lowest BCUT2D eigenvalue weighted by atomic mass is 10.2. The fourth-order valence-corrected chi connectivity index (χ4v) is 2.92. The third-order valence-electron chi connectivity index (χ3n) is 4.27. The molecule has 0 spiro atoms. The molecule has 29 heavy (non-hydrogen) atoms. The van der Waals surface area contributed by atoms with Gasteiger partial charge in [-0.05, 0) is 36.8 Å². The van der Waals surface area contributed by atoms with Crippen molar-refractivity contribution < 1.29 is 18.8 Å². The highest BCUT2D eigenvalue weighted by Gasteiger charge is 2.24. The summed E-state index contributed by atoms with van der Waals surface area (Å²) in [4.78, 5) is 18.7. The van der Waals surface area contributed by atoms with E-state index in [1.165, 1.54) is 4.90 Å². The van der Waals surface area contributed by atoms with Gasteiger partial charge in [0.15, 0.2) is 6.10 Å². The Kier molecular flexibility index (Phi) is 6.72. The molecule has 8 heteroatoms. The molecule has 152 valence electrons. The minimum absolute atomic E-state index is 0.172. The third kappa shape index (κ3) is 5.26. The highest BCUT2D eigenvalue weighted by molar-refractivity contribution is 6.30. The normalized spacial score (nSPS) is 11.7. The molecule has 3 aromatic rings. The molecule has 0 aliphatic rings. The molecule has 1 aromatic heterocycles. The van der Waals surface area contributed by atoms with E-state index in [0.717, 1.165) is 5.56 Å². The molecule has 0 unspecified atom stereocenters. The lowest BCUT2D eigenvalue weighted by molar-refractivity contribution is -0.138. The van der Waals surface area contributed by atoms with Crippen molar-refractivity contribution in [1.82, 2.24) is 15.0 Å². The van der Waals surface area contributed by atoms with Crippen molar-refractivity contribution in [3.8, 4) is 22.9 Å². The van der Waals surface area contributed by atoms with E-state index in [1.54, 1.807) is 38.4 Å². The predicted octanol–water partition coefficient (Wildman–Crippen LogP) is 4.21. The molecule has 0 aliphatic carbocycles. The smallest absolute Gasteiger partial charge is 0.263 e. The number of benzene rings is 2. The van der Waals surface area contributed by atoms with Crippen molar-refractivity contribution in [3.63, 3.8) is 0 Å². The average Bonchev–Trinajstić information content (AvgIpc) is 3.20. The number of methoxy groups -OCH3 is 1. The molecular weight excluding hydrogens is 394 g/mol. The molecule has 1 heterocycles. The summed E-state index contributed by atoms with van der Waals surface area (Å²) in [6, 6.07) is 14.3. The first-order chi connectivity index (χ1) is 14.0. The Hall–Kier alpha value is -3.06. The molecule has 0 radical (unpaired) electrons. The van der Waals surface area contributed by atoms with Gasteiger partial charge < -0.3 is 18.9 Å². The molecule has 0 N–H and O–H groups in total. The van der Waals surface area contributed by atoms with Crippen LogP contribution in [-0.2, 0) is 11.3 Å². The number of aromatic nitrogens is 2. The van der Waals surface area contributed by atoms with E-state index in [0.29, 0.717) is 34.7 Å². The largest absolute Gasteiger partial charge is 0.497 e. The van der Waals surface area contributed by atoms with E-state index < -0.39 is 6.10 Å². The molecule has 0 saturated carbocycles. The lowest BCUT2D eigenvalue weighted by Crippen LogP contribution is -2.39. The van der Waals surface area contributed by atoms with Crippen LogP contribution >= 0.6 is 11.6 Å². The van der Waals surface area contributed by atoms with Gasteiger partial charge >= 0.3 is 0 Å². The zero-order valence-electron chi connectivity index (χ0n) is 16.5. The minimum atomic E-state index is -0.640. The first-order valence-corrected chi connectivity index (χ1v) is 9.52. The molecule has 0 aliphatic heterocycles. The van der Waals surface area contributed by atoms with Crippen LogP contribution in [0.25, 0.3) is 11.4 Å². The summed E-state index contributed by atoms with van der Waals surface area (Å²) in [7, 11) is 3.26. The molecule has 7 nitrogen and oxygen atoms in total. The van der Waals surface area contributed by atoms with Crippen LogP contribution in [-0.4, -0.2) is 41.2 Å². The number of nitrogens with zero attached hydrogens (tertiary/aromatic N) is 3. The van der Waals surface area contributed by atoms with E-state index in [1.807, 2.05) is 31.2 Å². The number of carbonyl (C=O) groups is 1. The quantitative estimate of drug-likeness (QED) is 0.548. The van der Waals surface area contributed by atoms with E-state index in [2.05, 4.69) is 10.1 Å². The topological polar surface area (TPSA) is 77.7 Å². The maximum absolute atomic E-state index is 12.8. The monoisotopic (exact) mass is 415 g/mol. The fourth-order valence-electron chi connectivity index (χ4n) is 2.74. The number of hydrogen-bond acceptors (Lipinski definition) is 6. The number of carbonyl (C=O) groups excluding carboxylic acids is 1. The third-order valence-corrected chi connectivity index (χ3v) is 4.50. The summed E-state index contributed by atoms with van der Waals surface area (Å²) < 4.78 is 16.3. The molecule has 0 saturated heterocycles.